The van der Waals surface area contributed by atoms with Crippen LogP contribution in [0, 0.1) is 19.7 Å². The SMILES string of the molecule is Cc1cccc(C(=O)O[C@H](C(=O)O)[C@H](OC(=O)c2cccc(C)c2)C(=O)Nc2ccc(F)cc2)c1. The van der Waals surface area contributed by atoms with Gasteiger partial charge in [0.05, 0.1) is 11.1 Å². The van der Waals surface area contributed by atoms with E-state index in [4.69, 9.17) is 9.47 Å². The summed E-state index contributed by atoms with van der Waals surface area (Å²) < 4.78 is 23.6. The Morgan fingerprint density at radius 2 is 1.26 bits per heavy atom. The van der Waals surface area contributed by atoms with E-state index < -0.39 is 41.8 Å². The minimum absolute atomic E-state index is 0.0546. The van der Waals surface area contributed by atoms with Gasteiger partial charge in [-0.15, -0.1) is 0 Å². The molecule has 0 aliphatic carbocycles. The van der Waals surface area contributed by atoms with Gasteiger partial charge in [0.2, 0.25) is 12.2 Å². The zero-order valence-electron chi connectivity index (χ0n) is 18.9. The van der Waals surface area contributed by atoms with Crippen molar-refractivity contribution in [2.75, 3.05) is 5.32 Å². The molecule has 0 aliphatic heterocycles. The number of nitrogens with one attached hydrogen (secondary N) is 1. The van der Waals surface area contributed by atoms with Crippen LogP contribution >= 0.6 is 0 Å². The average molecular weight is 479 g/mol. The number of carboxylic acid groups (broad SMARTS) is 1. The number of hydrogen-bond donors (Lipinski definition) is 2. The van der Waals surface area contributed by atoms with Gasteiger partial charge in [-0.25, -0.2) is 18.8 Å². The van der Waals surface area contributed by atoms with E-state index in [1.807, 2.05) is 0 Å². The van der Waals surface area contributed by atoms with Gasteiger partial charge in [-0.05, 0) is 62.4 Å². The highest BCUT2D eigenvalue weighted by molar-refractivity contribution is 6.01. The van der Waals surface area contributed by atoms with Crippen LogP contribution in [0.1, 0.15) is 31.8 Å². The Morgan fingerprint density at radius 3 is 1.71 bits per heavy atom. The van der Waals surface area contributed by atoms with Gasteiger partial charge in [-0.3, -0.25) is 4.79 Å². The van der Waals surface area contributed by atoms with Crippen molar-refractivity contribution in [2.45, 2.75) is 26.1 Å². The number of amides is 1. The van der Waals surface area contributed by atoms with Crippen LogP contribution in [-0.2, 0) is 19.1 Å². The standard InChI is InChI=1S/C26H22FNO7/c1-15-5-3-7-17(13-15)25(32)34-21(23(29)28-20-11-9-19(27)10-12-20)22(24(30)31)35-26(33)18-8-4-6-16(2)14-18/h3-14,21-22H,1-2H3,(H,28,29)(H,30,31)/t21-,22-/m0/s1. The van der Waals surface area contributed by atoms with E-state index in [-0.39, 0.29) is 16.8 Å². The fourth-order valence-corrected chi connectivity index (χ4v) is 3.15. The number of hydrogen-bond acceptors (Lipinski definition) is 6. The van der Waals surface area contributed by atoms with Crippen molar-refractivity contribution in [3.63, 3.8) is 0 Å². The highest BCUT2D eigenvalue weighted by Gasteiger charge is 2.41. The second-order valence-corrected chi connectivity index (χ2v) is 7.73. The molecular weight excluding hydrogens is 457 g/mol. The summed E-state index contributed by atoms with van der Waals surface area (Å²) >= 11 is 0. The molecule has 8 nitrogen and oxygen atoms in total. The van der Waals surface area contributed by atoms with Gasteiger partial charge in [-0.1, -0.05) is 35.4 Å². The predicted molar refractivity (Wildman–Crippen MR) is 123 cm³/mol. The summed E-state index contributed by atoms with van der Waals surface area (Å²) in [5.74, 6) is -5.36. The van der Waals surface area contributed by atoms with Crippen LogP contribution in [-0.4, -0.2) is 41.1 Å². The largest absolute Gasteiger partial charge is 0.478 e. The second kappa shape index (κ2) is 11.1. The topological polar surface area (TPSA) is 119 Å². The van der Waals surface area contributed by atoms with E-state index in [9.17, 15) is 28.7 Å². The number of carboxylic acids is 1. The van der Waals surface area contributed by atoms with E-state index in [1.165, 1.54) is 36.4 Å². The molecule has 0 heterocycles. The third kappa shape index (κ3) is 6.73. The molecule has 0 saturated carbocycles. The number of carbonyl (C=O) groups excluding carboxylic acids is 3. The van der Waals surface area contributed by atoms with Crippen molar-refractivity contribution >= 4 is 29.5 Å². The van der Waals surface area contributed by atoms with Crippen LogP contribution in [0.25, 0.3) is 0 Å². The highest BCUT2D eigenvalue weighted by Crippen LogP contribution is 2.17. The number of carbonyl (C=O) groups is 4. The summed E-state index contributed by atoms with van der Waals surface area (Å²) in [6.07, 6.45) is -4.23. The molecule has 35 heavy (non-hydrogen) atoms. The maximum atomic E-state index is 13.2. The van der Waals surface area contributed by atoms with Crippen LogP contribution < -0.4 is 5.32 Å². The first kappa shape index (κ1) is 25.1. The maximum Gasteiger partial charge on any atom is 0.349 e. The second-order valence-electron chi connectivity index (χ2n) is 7.73. The van der Waals surface area contributed by atoms with Crippen molar-refractivity contribution in [2.24, 2.45) is 0 Å². The molecule has 0 fully saturated rings. The molecule has 3 aromatic rings. The lowest BCUT2D eigenvalue weighted by atomic mass is 10.1. The lowest BCUT2D eigenvalue weighted by Gasteiger charge is -2.23. The van der Waals surface area contributed by atoms with Gasteiger partial charge in [0.15, 0.2) is 0 Å². The smallest absolute Gasteiger partial charge is 0.349 e. The van der Waals surface area contributed by atoms with E-state index in [0.29, 0.717) is 0 Å². The van der Waals surface area contributed by atoms with Crippen LogP contribution in [0.2, 0.25) is 0 Å². The number of rotatable bonds is 8. The third-order valence-corrected chi connectivity index (χ3v) is 4.86. The number of aliphatic carboxylic acids is 1. The number of halogens is 1. The molecule has 0 saturated heterocycles. The highest BCUT2D eigenvalue weighted by atomic mass is 19.1. The number of aryl methyl sites for hydroxylation is 2. The molecule has 0 bridgehead atoms. The molecule has 0 radical (unpaired) electrons. The molecule has 2 N–H and O–H groups in total. The normalized spacial score (nSPS) is 12.2. The molecule has 0 unspecified atom stereocenters. The lowest BCUT2D eigenvalue weighted by Crippen LogP contribution is -2.48. The summed E-state index contributed by atoms with van der Waals surface area (Å²) in [7, 11) is 0. The van der Waals surface area contributed by atoms with Gasteiger partial charge in [0.25, 0.3) is 5.91 Å². The quantitative estimate of drug-likeness (QED) is 0.470. The fourth-order valence-electron chi connectivity index (χ4n) is 3.15. The minimum Gasteiger partial charge on any atom is -0.478 e. The third-order valence-electron chi connectivity index (χ3n) is 4.86. The molecule has 3 rings (SSSR count). The summed E-state index contributed by atoms with van der Waals surface area (Å²) in [5, 5.41) is 12.1. The van der Waals surface area contributed by atoms with Crippen LogP contribution in [0.15, 0.2) is 72.8 Å². The van der Waals surface area contributed by atoms with E-state index in [1.54, 1.807) is 38.1 Å². The summed E-state index contributed by atoms with van der Waals surface area (Å²) in [5.41, 5.74) is 1.69. The van der Waals surface area contributed by atoms with Crippen molar-refractivity contribution in [3.05, 3.63) is 101 Å². The zero-order chi connectivity index (χ0) is 25.5. The average Bonchev–Trinajstić information content (AvgIpc) is 2.82. The maximum absolute atomic E-state index is 13.2. The Labute approximate surface area is 200 Å². The Morgan fingerprint density at radius 1 is 0.771 bits per heavy atom. The van der Waals surface area contributed by atoms with E-state index in [0.717, 1.165) is 23.3 Å². The van der Waals surface area contributed by atoms with Gasteiger partial charge >= 0.3 is 17.9 Å². The molecule has 180 valence electrons. The number of ether oxygens (including phenoxy) is 2. The number of benzene rings is 3. The molecule has 1 amide bonds. The van der Waals surface area contributed by atoms with Crippen LogP contribution in [0.5, 0.6) is 0 Å². The molecule has 3 aromatic carbocycles. The molecule has 0 aliphatic rings. The zero-order valence-corrected chi connectivity index (χ0v) is 18.9. The van der Waals surface area contributed by atoms with Crippen LogP contribution in [0.3, 0.4) is 0 Å². The lowest BCUT2D eigenvalue weighted by molar-refractivity contribution is -0.157. The van der Waals surface area contributed by atoms with Crippen molar-refractivity contribution in [1.29, 1.82) is 0 Å². The summed E-state index contributed by atoms with van der Waals surface area (Å²) in [4.78, 5) is 50.4. The Bertz CT molecular complexity index is 1260. The van der Waals surface area contributed by atoms with Gasteiger partial charge in [0, 0.05) is 5.69 Å². The molecular formula is C26H22FNO7. The summed E-state index contributed by atoms with van der Waals surface area (Å²) in [6, 6.07) is 17.1. The van der Waals surface area contributed by atoms with Crippen molar-refractivity contribution in [3.8, 4) is 0 Å². The van der Waals surface area contributed by atoms with Gasteiger partial charge in [-0.2, -0.15) is 0 Å². The molecule has 0 spiro atoms. The Hall–Kier alpha value is -4.53. The van der Waals surface area contributed by atoms with Gasteiger partial charge < -0.3 is 19.9 Å². The number of anilines is 1. The molecule has 9 heteroatoms. The van der Waals surface area contributed by atoms with Crippen LogP contribution in [0.4, 0.5) is 10.1 Å². The fraction of sp³-hybridized carbons (Fsp3) is 0.154. The van der Waals surface area contributed by atoms with Crippen molar-refractivity contribution < 1.29 is 38.1 Å². The summed E-state index contributed by atoms with van der Waals surface area (Å²) in [6.45, 7) is 3.47. The first-order valence-corrected chi connectivity index (χ1v) is 10.5. The monoisotopic (exact) mass is 479 g/mol. The van der Waals surface area contributed by atoms with E-state index >= 15 is 0 Å². The van der Waals surface area contributed by atoms with Gasteiger partial charge in [0.1, 0.15) is 5.82 Å². The predicted octanol–water partition coefficient (Wildman–Crippen LogP) is 3.92. The van der Waals surface area contributed by atoms with Crippen molar-refractivity contribution in [1.82, 2.24) is 0 Å². The Kier molecular flexibility index (Phi) is 7.93. The minimum atomic E-state index is -2.17. The molecule has 2 atom stereocenters. The Balaban J connectivity index is 1.91. The van der Waals surface area contributed by atoms with E-state index in [2.05, 4.69) is 5.32 Å². The number of esters is 2. The first-order chi connectivity index (χ1) is 16.6. The first-order valence-electron chi connectivity index (χ1n) is 10.5. The molecule has 0 aromatic heterocycles.